The van der Waals surface area contributed by atoms with Crippen molar-refractivity contribution in [2.24, 2.45) is 0 Å². The van der Waals surface area contributed by atoms with Gasteiger partial charge in [0.1, 0.15) is 11.5 Å². The maximum Gasteiger partial charge on any atom is 0.123 e. The minimum atomic E-state index is 0.173. The van der Waals surface area contributed by atoms with E-state index in [2.05, 4.69) is 32.0 Å². The van der Waals surface area contributed by atoms with Gasteiger partial charge >= 0.3 is 0 Å². The zero-order chi connectivity index (χ0) is 14.7. The molecular weight excluding hydrogens is 248 g/mol. The molecule has 0 atom stereocenters. The van der Waals surface area contributed by atoms with Crippen LogP contribution in [0.3, 0.4) is 0 Å². The van der Waals surface area contributed by atoms with Crippen molar-refractivity contribution in [3.8, 4) is 22.6 Å². The quantitative estimate of drug-likeness (QED) is 0.861. The van der Waals surface area contributed by atoms with Crippen molar-refractivity contribution < 1.29 is 10.2 Å². The Morgan fingerprint density at radius 3 is 1.95 bits per heavy atom. The first kappa shape index (κ1) is 14.4. The van der Waals surface area contributed by atoms with E-state index in [1.807, 2.05) is 6.92 Å². The molecular formula is C18H22O2. The van der Waals surface area contributed by atoms with Crippen molar-refractivity contribution in [3.05, 3.63) is 47.0 Å². The number of rotatable bonds is 4. The largest absolute Gasteiger partial charge is 0.508 e. The van der Waals surface area contributed by atoms with Crippen LogP contribution < -0.4 is 0 Å². The van der Waals surface area contributed by atoms with Crippen LogP contribution >= 0.6 is 0 Å². The molecule has 0 bridgehead atoms. The predicted molar refractivity (Wildman–Crippen MR) is 83.3 cm³/mol. The van der Waals surface area contributed by atoms with Crippen molar-refractivity contribution in [3.63, 3.8) is 0 Å². The van der Waals surface area contributed by atoms with Crippen molar-refractivity contribution in [2.45, 2.75) is 40.0 Å². The fourth-order valence-corrected chi connectivity index (χ4v) is 2.58. The van der Waals surface area contributed by atoms with Crippen LogP contribution in [0, 0.1) is 0 Å². The van der Waals surface area contributed by atoms with E-state index in [0.29, 0.717) is 12.0 Å². The van der Waals surface area contributed by atoms with Gasteiger partial charge in [-0.3, -0.25) is 0 Å². The molecule has 2 aromatic rings. The number of hydrogen-bond acceptors (Lipinski definition) is 2. The second kappa shape index (κ2) is 6.00. The zero-order valence-corrected chi connectivity index (χ0v) is 12.4. The second-order valence-electron chi connectivity index (χ2n) is 5.05. The fourth-order valence-electron chi connectivity index (χ4n) is 2.58. The normalized spacial score (nSPS) is 10.8. The maximum atomic E-state index is 10.1. The van der Waals surface area contributed by atoms with E-state index in [-0.39, 0.29) is 11.5 Å². The molecule has 0 saturated heterocycles. The van der Waals surface area contributed by atoms with Crippen LogP contribution in [0.2, 0.25) is 0 Å². The predicted octanol–water partition coefficient (Wildman–Crippen LogP) is 4.45. The van der Waals surface area contributed by atoms with E-state index in [4.69, 9.17) is 0 Å². The summed E-state index contributed by atoms with van der Waals surface area (Å²) in [5, 5.41) is 20.1. The molecule has 0 amide bonds. The molecule has 0 spiro atoms. The van der Waals surface area contributed by atoms with Gasteiger partial charge in [-0.2, -0.15) is 0 Å². The van der Waals surface area contributed by atoms with Crippen LogP contribution in [0.1, 0.15) is 37.5 Å². The molecule has 0 saturated carbocycles. The second-order valence-corrected chi connectivity index (χ2v) is 5.05. The van der Waals surface area contributed by atoms with Crippen LogP contribution in [-0.4, -0.2) is 10.2 Å². The average molecular weight is 270 g/mol. The van der Waals surface area contributed by atoms with E-state index in [1.165, 1.54) is 11.1 Å². The van der Waals surface area contributed by atoms with Crippen molar-refractivity contribution >= 4 is 0 Å². The topological polar surface area (TPSA) is 40.5 Å². The number of phenolic OH excluding ortho intramolecular Hbond substituents is 2. The molecule has 0 aliphatic rings. The fraction of sp³-hybridized carbons (Fsp3) is 0.333. The summed E-state index contributed by atoms with van der Waals surface area (Å²) in [7, 11) is 0. The van der Waals surface area contributed by atoms with Crippen LogP contribution in [0.5, 0.6) is 11.5 Å². The summed E-state index contributed by atoms with van der Waals surface area (Å²) >= 11 is 0. The third-order valence-corrected chi connectivity index (χ3v) is 3.83. The van der Waals surface area contributed by atoms with Gasteiger partial charge in [0.15, 0.2) is 0 Å². The van der Waals surface area contributed by atoms with Crippen LogP contribution in [0.4, 0.5) is 0 Å². The van der Waals surface area contributed by atoms with Gasteiger partial charge < -0.3 is 10.2 Å². The lowest BCUT2D eigenvalue weighted by Gasteiger charge is -2.13. The van der Waals surface area contributed by atoms with Gasteiger partial charge in [0.2, 0.25) is 0 Å². The molecule has 0 aliphatic heterocycles. The highest BCUT2D eigenvalue weighted by atomic mass is 16.3. The Morgan fingerprint density at radius 1 is 0.800 bits per heavy atom. The van der Waals surface area contributed by atoms with Crippen molar-refractivity contribution in [1.29, 1.82) is 0 Å². The standard InChI is InChI=1S/C18H22O2/c1-4-12-7-8-13(5-2)16(9-12)14-10-17(19)15(6-3)18(20)11-14/h7-11,19-20H,4-6H2,1-3H3. The van der Waals surface area contributed by atoms with Gasteiger partial charge in [0.05, 0.1) is 0 Å². The summed E-state index contributed by atoms with van der Waals surface area (Å²) < 4.78 is 0. The number of aromatic hydroxyl groups is 2. The van der Waals surface area contributed by atoms with Crippen molar-refractivity contribution in [2.75, 3.05) is 0 Å². The van der Waals surface area contributed by atoms with Gasteiger partial charge in [0, 0.05) is 5.56 Å². The van der Waals surface area contributed by atoms with E-state index in [1.54, 1.807) is 12.1 Å². The van der Waals surface area contributed by atoms with Crippen LogP contribution in [0.15, 0.2) is 30.3 Å². The summed E-state index contributed by atoms with van der Waals surface area (Å²) in [6.07, 6.45) is 2.52. The Hall–Kier alpha value is -1.96. The lowest BCUT2D eigenvalue weighted by Crippen LogP contribution is -1.92. The lowest BCUT2D eigenvalue weighted by molar-refractivity contribution is 0.440. The lowest BCUT2D eigenvalue weighted by atomic mass is 9.93. The number of aryl methyl sites for hydroxylation is 2. The van der Waals surface area contributed by atoms with Gasteiger partial charge in [0.25, 0.3) is 0 Å². The smallest absolute Gasteiger partial charge is 0.123 e. The summed E-state index contributed by atoms with van der Waals surface area (Å²) in [5.41, 5.74) is 5.07. The first-order chi connectivity index (χ1) is 9.60. The highest BCUT2D eigenvalue weighted by Crippen LogP contribution is 2.35. The molecule has 0 fully saturated rings. The zero-order valence-electron chi connectivity index (χ0n) is 12.4. The summed E-state index contributed by atoms with van der Waals surface area (Å²) in [4.78, 5) is 0. The van der Waals surface area contributed by atoms with Crippen LogP contribution in [0.25, 0.3) is 11.1 Å². The molecule has 2 nitrogen and oxygen atoms in total. The Kier molecular flexibility index (Phi) is 4.33. The molecule has 2 N–H and O–H groups in total. The molecule has 2 aromatic carbocycles. The Bertz CT molecular complexity index is 592. The Labute approximate surface area is 120 Å². The van der Waals surface area contributed by atoms with Gasteiger partial charge in [-0.15, -0.1) is 0 Å². The number of phenols is 2. The van der Waals surface area contributed by atoms with Gasteiger partial charge in [-0.1, -0.05) is 39.0 Å². The minimum absolute atomic E-state index is 0.173. The monoisotopic (exact) mass is 270 g/mol. The first-order valence-electron chi connectivity index (χ1n) is 7.27. The van der Waals surface area contributed by atoms with E-state index < -0.39 is 0 Å². The molecule has 20 heavy (non-hydrogen) atoms. The first-order valence-corrected chi connectivity index (χ1v) is 7.27. The molecule has 0 aliphatic carbocycles. The number of benzene rings is 2. The highest BCUT2D eigenvalue weighted by Gasteiger charge is 2.11. The number of hydrogen-bond donors (Lipinski definition) is 2. The Morgan fingerprint density at radius 2 is 1.45 bits per heavy atom. The minimum Gasteiger partial charge on any atom is -0.508 e. The maximum absolute atomic E-state index is 10.1. The molecule has 0 heterocycles. The molecule has 0 radical (unpaired) electrons. The SMILES string of the molecule is CCc1ccc(CC)c(-c2cc(O)c(CC)c(O)c2)c1. The van der Waals surface area contributed by atoms with Crippen LogP contribution in [-0.2, 0) is 19.3 Å². The molecule has 2 rings (SSSR count). The van der Waals surface area contributed by atoms with E-state index in [0.717, 1.165) is 24.0 Å². The van der Waals surface area contributed by atoms with E-state index >= 15 is 0 Å². The van der Waals surface area contributed by atoms with Crippen molar-refractivity contribution in [1.82, 2.24) is 0 Å². The highest BCUT2D eigenvalue weighted by molar-refractivity contribution is 5.72. The average Bonchev–Trinajstić information content (AvgIpc) is 2.46. The molecule has 0 unspecified atom stereocenters. The third kappa shape index (κ3) is 2.64. The third-order valence-electron chi connectivity index (χ3n) is 3.83. The van der Waals surface area contributed by atoms with E-state index in [9.17, 15) is 10.2 Å². The summed E-state index contributed by atoms with van der Waals surface area (Å²) in [6.45, 7) is 6.16. The molecule has 0 aromatic heterocycles. The van der Waals surface area contributed by atoms with Gasteiger partial charge in [-0.25, -0.2) is 0 Å². The molecule has 106 valence electrons. The van der Waals surface area contributed by atoms with Gasteiger partial charge in [-0.05, 0) is 53.6 Å². The molecule has 2 heteroatoms. The Balaban J connectivity index is 2.61. The summed E-state index contributed by atoms with van der Waals surface area (Å²) in [5.74, 6) is 0.345. The summed E-state index contributed by atoms with van der Waals surface area (Å²) in [6, 6.07) is 9.94.